The van der Waals surface area contributed by atoms with Crippen molar-refractivity contribution in [1.82, 2.24) is 4.90 Å². The summed E-state index contributed by atoms with van der Waals surface area (Å²) in [6.45, 7) is 6.70. The summed E-state index contributed by atoms with van der Waals surface area (Å²) in [4.78, 5) is 2.31. The number of hydrogen-bond donors (Lipinski definition) is 1. The molecule has 1 aliphatic rings. The van der Waals surface area contributed by atoms with E-state index in [0.717, 1.165) is 25.2 Å². The molecular formula is C14H21NO3. The van der Waals surface area contributed by atoms with Crippen LogP contribution in [0, 0.1) is 0 Å². The van der Waals surface area contributed by atoms with E-state index in [0.29, 0.717) is 11.5 Å². The lowest BCUT2D eigenvalue weighted by Gasteiger charge is -2.35. The van der Waals surface area contributed by atoms with Gasteiger partial charge in [-0.25, -0.2) is 0 Å². The maximum Gasteiger partial charge on any atom is 0.123 e. The molecule has 1 N–H and O–H groups in total. The molecule has 4 nitrogen and oxygen atoms in total. The van der Waals surface area contributed by atoms with E-state index in [9.17, 15) is 5.11 Å². The molecular weight excluding hydrogens is 230 g/mol. The first-order valence-electron chi connectivity index (χ1n) is 6.32. The molecule has 1 saturated heterocycles. The van der Waals surface area contributed by atoms with E-state index in [4.69, 9.17) is 9.47 Å². The first-order chi connectivity index (χ1) is 8.58. The van der Waals surface area contributed by atoms with E-state index in [1.165, 1.54) is 0 Å². The fourth-order valence-electron chi connectivity index (χ4n) is 2.46. The zero-order chi connectivity index (χ0) is 13.1. The van der Waals surface area contributed by atoms with E-state index in [1.807, 2.05) is 12.1 Å². The molecule has 1 aliphatic heterocycles. The summed E-state index contributed by atoms with van der Waals surface area (Å²) in [5, 5.41) is 9.95. The van der Waals surface area contributed by atoms with Gasteiger partial charge < -0.3 is 14.6 Å². The van der Waals surface area contributed by atoms with Crippen LogP contribution in [-0.4, -0.2) is 42.4 Å². The summed E-state index contributed by atoms with van der Waals surface area (Å²) in [7, 11) is 1.60. The Morgan fingerprint density at radius 1 is 1.33 bits per heavy atom. The van der Waals surface area contributed by atoms with Crippen LogP contribution in [0.5, 0.6) is 11.5 Å². The molecule has 18 heavy (non-hydrogen) atoms. The summed E-state index contributed by atoms with van der Waals surface area (Å²) < 4.78 is 10.8. The maximum atomic E-state index is 9.95. The van der Waals surface area contributed by atoms with Crippen LogP contribution in [0.3, 0.4) is 0 Å². The first kappa shape index (κ1) is 13.2. The van der Waals surface area contributed by atoms with Crippen molar-refractivity contribution in [2.45, 2.75) is 32.6 Å². The number of methoxy groups -OCH3 is 1. The van der Waals surface area contributed by atoms with Crippen molar-refractivity contribution in [2.75, 3.05) is 20.2 Å². The summed E-state index contributed by atoms with van der Waals surface area (Å²) in [5.74, 6) is 0.973. The molecule has 2 unspecified atom stereocenters. The molecule has 0 saturated carbocycles. The third-order valence-electron chi connectivity index (χ3n) is 3.18. The predicted octanol–water partition coefficient (Wildman–Crippen LogP) is 2.01. The lowest BCUT2D eigenvalue weighted by molar-refractivity contribution is -0.0706. The number of phenolic OH excluding ortho intramolecular Hbond substituents is 1. The highest BCUT2D eigenvalue weighted by Crippen LogP contribution is 2.25. The number of nitrogens with zero attached hydrogens (tertiary/aromatic N) is 1. The fourth-order valence-corrected chi connectivity index (χ4v) is 2.46. The zero-order valence-corrected chi connectivity index (χ0v) is 11.2. The van der Waals surface area contributed by atoms with Crippen molar-refractivity contribution in [3.8, 4) is 11.5 Å². The minimum atomic E-state index is 0.245. The molecule has 100 valence electrons. The van der Waals surface area contributed by atoms with E-state index >= 15 is 0 Å². The molecule has 1 aromatic carbocycles. The third kappa shape index (κ3) is 3.15. The fraction of sp³-hybridized carbons (Fsp3) is 0.571. The summed E-state index contributed by atoms with van der Waals surface area (Å²) in [6, 6.07) is 5.45. The Labute approximate surface area is 108 Å². The second-order valence-corrected chi connectivity index (χ2v) is 4.95. The number of phenols is 1. The van der Waals surface area contributed by atoms with Crippen molar-refractivity contribution in [1.29, 1.82) is 0 Å². The molecule has 0 spiro atoms. The van der Waals surface area contributed by atoms with Gasteiger partial charge in [0, 0.05) is 31.3 Å². The largest absolute Gasteiger partial charge is 0.507 e. The second kappa shape index (κ2) is 5.59. The van der Waals surface area contributed by atoms with Crippen LogP contribution in [-0.2, 0) is 11.3 Å². The molecule has 1 aromatic rings. The van der Waals surface area contributed by atoms with Crippen molar-refractivity contribution in [3.63, 3.8) is 0 Å². The lowest BCUT2D eigenvalue weighted by atomic mass is 10.1. The first-order valence-corrected chi connectivity index (χ1v) is 6.32. The Hall–Kier alpha value is -1.26. The highest BCUT2D eigenvalue weighted by Gasteiger charge is 2.22. The van der Waals surface area contributed by atoms with Crippen LogP contribution >= 0.6 is 0 Å². The SMILES string of the molecule is COc1ccc(CN2CC(C)OC(C)C2)c(O)c1. The summed E-state index contributed by atoms with van der Waals surface area (Å²) in [5.41, 5.74) is 0.928. The predicted molar refractivity (Wildman–Crippen MR) is 69.9 cm³/mol. The number of benzene rings is 1. The number of rotatable bonds is 3. The Balaban J connectivity index is 2.04. The normalized spacial score (nSPS) is 25.1. The van der Waals surface area contributed by atoms with E-state index in [1.54, 1.807) is 13.2 Å². The van der Waals surface area contributed by atoms with Gasteiger partial charge in [-0.15, -0.1) is 0 Å². The number of hydrogen-bond acceptors (Lipinski definition) is 4. The number of ether oxygens (including phenoxy) is 2. The van der Waals surface area contributed by atoms with Gasteiger partial charge in [0.15, 0.2) is 0 Å². The Morgan fingerprint density at radius 3 is 2.56 bits per heavy atom. The zero-order valence-electron chi connectivity index (χ0n) is 11.2. The monoisotopic (exact) mass is 251 g/mol. The number of aromatic hydroxyl groups is 1. The second-order valence-electron chi connectivity index (χ2n) is 4.95. The highest BCUT2D eigenvalue weighted by atomic mass is 16.5. The Morgan fingerprint density at radius 2 is 2.00 bits per heavy atom. The molecule has 0 aliphatic carbocycles. The van der Waals surface area contributed by atoms with Crippen molar-refractivity contribution >= 4 is 0 Å². The van der Waals surface area contributed by atoms with Gasteiger partial charge in [0.1, 0.15) is 11.5 Å². The maximum absolute atomic E-state index is 9.95. The molecule has 0 amide bonds. The number of morpholine rings is 1. The average molecular weight is 251 g/mol. The smallest absolute Gasteiger partial charge is 0.123 e. The van der Waals surface area contributed by atoms with Gasteiger partial charge in [-0.1, -0.05) is 6.07 Å². The molecule has 0 bridgehead atoms. The van der Waals surface area contributed by atoms with Gasteiger partial charge in [0.25, 0.3) is 0 Å². The molecule has 2 rings (SSSR count). The Bertz CT molecular complexity index is 398. The average Bonchev–Trinajstić information content (AvgIpc) is 2.30. The lowest BCUT2D eigenvalue weighted by Crippen LogP contribution is -2.44. The van der Waals surface area contributed by atoms with Gasteiger partial charge in [0.05, 0.1) is 19.3 Å². The van der Waals surface area contributed by atoms with Crippen molar-refractivity contribution in [3.05, 3.63) is 23.8 Å². The molecule has 0 radical (unpaired) electrons. The quantitative estimate of drug-likeness (QED) is 0.892. The van der Waals surface area contributed by atoms with E-state index in [2.05, 4.69) is 18.7 Å². The molecule has 1 heterocycles. The molecule has 2 atom stereocenters. The van der Waals surface area contributed by atoms with Gasteiger partial charge in [0.2, 0.25) is 0 Å². The Kier molecular flexibility index (Phi) is 4.09. The van der Waals surface area contributed by atoms with Gasteiger partial charge in [-0.2, -0.15) is 0 Å². The van der Waals surface area contributed by atoms with Gasteiger partial charge in [-0.05, 0) is 19.9 Å². The minimum absolute atomic E-state index is 0.245. The van der Waals surface area contributed by atoms with Crippen LogP contribution in [0.25, 0.3) is 0 Å². The van der Waals surface area contributed by atoms with Crippen LogP contribution < -0.4 is 4.74 Å². The van der Waals surface area contributed by atoms with E-state index < -0.39 is 0 Å². The minimum Gasteiger partial charge on any atom is -0.507 e. The third-order valence-corrected chi connectivity index (χ3v) is 3.18. The summed E-state index contributed by atoms with van der Waals surface area (Å²) in [6.07, 6.45) is 0.489. The standard InChI is InChI=1S/C14H21NO3/c1-10-7-15(8-11(2)18-10)9-12-4-5-13(17-3)6-14(12)16/h4-6,10-11,16H,7-9H2,1-3H3. The molecule has 4 heteroatoms. The van der Waals surface area contributed by atoms with Crippen LogP contribution in [0.1, 0.15) is 19.4 Å². The molecule has 1 fully saturated rings. The van der Waals surface area contributed by atoms with Gasteiger partial charge >= 0.3 is 0 Å². The highest BCUT2D eigenvalue weighted by molar-refractivity contribution is 5.39. The van der Waals surface area contributed by atoms with E-state index in [-0.39, 0.29) is 12.2 Å². The topological polar surface area (TPSA) is 41.9 Å². The molecule has 0 aromatic heterocycles. The summed E-state index contributed by atoms with van der Waals surface area (Å²) >= 11 is 0. The van der Waals surface area contributed by atoms with Crippen LogP contribution in [0.4, 0.5) is 0 Å². The van der Waals surface area contributed by atoms with Gasteiger partial charge in [-0.3, -0.25) is 4.90 Å². The van der Waals surface area contributed by atoms with Crippen molar-refractivity contribution in [2.24, 2.45) is 0 Å². The van der Waals surface area contributed by atoms with Crippen molar-refractivity contribution < 1.29 is 14.6 Å². The van der Waals surface area contributed by atoms with Crippen LogP contribution in [0.15, 0.2) is 18.2 Å². The van der Waals surface area contributed by atoms with Crippen LogP contribution in [0.2, 0.25) is 0 Å².